The molecule has 1 aromatic carbocycles. The molecule has 3 heteroatoms. The summed E-state index contributed by atoms with van der Waals surface area (Å²) in [5, 5.41) is 9.16. The lowest BCUT2D eigenvalue weighted by molar-refractivity contribution is 0.980. The van der Waals surface area contributed by atoms with E-state index in [2.05, 4.69) is 23.2 Å². The lowest BCUT2D eigenvalue weighted by atomic mass is 9.88. The summed E-state index contributed by atoms with van der Waals surface area (Å²) in [4.78, 5) is 4.82. The van der Waals surface area contributed by atoms with E-state index in [1.165, 1.54) is 5.56 Å². The summed E-state index contributed by atoms with van der Waals surface area (Å²) in [7, 11) is 0. The summed E-state index contributed by atoms with van der Waals surface area (Å²) in [5.74, 6) is -0.345. The van der Waals surface area contributed by atoms with Gasteiger partial charge in [0.15, 0.2) is 0 Å². The Hall–Kier alpha value is -1.79. The Labute approximate surface area is 113 Å². The van der Waals surface area contributed by atoms with Crippen LogP contribution in [0.4, 0.5) is 0 Å². The lowest BCUT2D eigenvalue weighted by Gasteiger charge is -2.21. The van der Waals surface area contributed by atoms with E-state index < -0.39 is 0 Å². The second-order valence-electron chi connectivity index (χ2n) is 4.42. The van der Waals surface area contributed by atoms with E-state index in [1.54, 1.807) is 0 Å². The summed E-state index contributed by atoms with van der Waals surface area (Å²) in [6.45, 7) is 3.94. The van der Waals surface area contributed by atoms with Crippen molar-refractivity contribution in [3.63, 3.8) is 0 Å². The van der Waals surface area contributed by atoms with Gasteiger partial charge in [-0.1, -0.05) is 42.5 Å². The van der Waals surface area contributed by atoms with Crippen molar-refractivity contribution in [3.05, 3.63) is 47.0 Å². The van der Waals surface area contributed by atoms with Crippen molar-refractivity contribution < 1.29 is 0 Å². The van der Waals surface area contributed by atoms with E-state index in [1.807, 2.05) is 32.0 Å². The number of nitrogens with zero attached hydrogens (tertiary/aromatic N) is 2. The average Bonchev–Trinajstić information content (AvgIpc) is 2.36. The molecule has 1 aliphatic rings. The zero-order valence-corrected chi connectivity index (χ0v) is 11.3. The van der Waals surface area contributed by atoms with Crippen LogP contribution < -0.4 is 0 Å². The number of hydrogen-bond acceptors (Lipinski definition) is 2. The maximum atomic E-state index is 9.16. The van der Waals surface area contributed by atoms with E-state index in [-0.39, 0.29) is 5.92 Å². The highest BCUT2D eigenvalue weighted by Crippen LogP contribution is 2.26. The van der Waals surface area contributed by atoms with Gasteiger partial charge in [0, 0.05) is 5.71 Å². The third-order valence-corrected chi connectivity index (χ3v) is 3.55. The smallest absolute Gasteiger partial charge is 0.124 e. The van der Waals surface area contributed by atoms with Gasteiger partial charge >= 0.3 is 0 Å². The largest absolute Gasteiger partial charge is 0.244 e. The highest BCUT2D eigenvalue weighted by molar-refractivity contribution is 7.80. The van der Waals surface area contributed by atoms with E-state index in [0.29, 0.717) is 4.99 Å². The standard InChI is InChI=1S/C15H14N2S/c1-10-13(8-12-6-4-3-5-7-12)11(2)17-15(18)14(10)9-16/h3-7,14H,8H2,1-2H3/t14-/m1/s1. The number of nitriles is 1. The normalized spacial score (nSPS) is 19.5. The molecule has 1 atom stereocenters. The molecule has 0 bridgehead atoms. The highest BCUT2D eigenvalue weighted by Gasteiger charge is 2.24. The van der Waals surface area contributed by atoms with Gasteiger partial charge in [-0.2, -0.15) is 5.26 Å². The molecule has 2 nitrogen and oxygen atoms in total. The van der Waals surface area contributed by atoms with Crippen LogP contribution in [0.2, 0.25) is 0 Å². The van der Waals surface area contributed by atoms with Crippen molar-refractivity contribution >= 4 is 22.9 Å². The average molecular weight is 254 g/mol. The summed E-state index contributed by atoms with van der Waals surface area (Å²) in [5.41, 5.74) is 4.35. The molecule has 0 unspecified atom stereocenters. The van der Waals surface area contributed by atoms with Gasteiger partial charge in [-0.3, -0.25) is 0 Å². The number of hydrogen-bond donors (Lipinski definition) is 0. The van der Waals surface area contributed by atoms with Crippen LogP contribution in [0.15, 0.2) is 46.5 Å². The Morgan fingerprint density at radius 1 is 1.28 bits per heavy atom. The monoisotopic (exact) mass is 254 g/mol. The van der Waals surface area contributed by atoms with E-state index >= 15 is 0 Å². The molecule has 0 aromatic heterocycles. The van der Waals surface area contributed by atoms with Gasteiger partial charge in [0.2, 0.25) is 0 Å². The van der Waals surface area contributed by atoms with E-state index in [9.17, 15) is 0 Å². The predicted molar refractivity (Wildman–Crippen MR) is 77.7 cm³/mol. The fraction of sp³-hybridized carbons (Fsp3) is 0.267. The lowest BCUT2D eigenvalue weighted by Crippen LogP contribution is -2.21. The van der Waals surface area contributed by atoms with Crippen LogP contribution in [0, 0.1) is 17.2 Å². The molecule has 1 aliphatic heterocycles. The summed E-state index contributed by atoms with van der Waals surface area (Å²) in [6, 6.07) is 12.4. The van der Waals surface area contributed by atoms with Gasteiger partial charge in [-0.05, 0) is 37.0 Å². The zero-order chi connectivity index (χ0) is 13.1. The Morgan fingerprint density at radius 3 is 2.56 bits per heavy atom. The number of dihydropyridines is 1. The van der Waals surface area contributed by atoms with Crippen LogP contribution in [0.5, 0.6) is 0 Å². The van der Waals surface area contributed by atoms with Crippen molar-refractivity contribution in [2.45, 2.75) is 20.3 Å². The first kappa shape index (κ1) is 12.7. The fourth-order valence-electron chi connectivity index (χ4n) is 2.16. The van der Waals surface area contributed by atoms with E-state index in [0.717, 1.165) is 23.3 Å². The number of rotatable bonds is 2. The molecule has 18 heavy (non-hydrogen) atoms. The predicted octanol–water partition coefficient (Wildman–Crippen LogP) is 3.49. The quantitative estimate of drug-likeness (QED) is 0.757. The first-order chi connectivity index (χ1) is 8.63. The maximum absolute atomic E-state index is 9.16. The molecule has 1 aromatic rings. The second-order valence-corrected chi connectivity index (χ2v) is 4.84. The van der Waals surface area contributed by atoms with Gasteiger partial charge in [-0.15, -0.1) is 0 Å². The second kappa shape index (κ2) is 5.24. The molecule has 90 valence electrons. The minimum absolute atomic E-state index is 0.345. The van der Waals surface area contributed by atoms with E-state index in [4.69, 9.17) is 17.5 Å². The van der Waals surface area contributed by atoms with Crippen LogP contribution in [0.1, 0.15) is 19.4 Å². The molecule has 0 fully saturated rings. The molecule has 0 saturated carbocycles. The third-order valence-electron chi connectivity index (χ3n) is 3.22. The molecule has 0 aliphatic carbocycles. The summed E-state index contributed by atoms with van der Waals surface area (Å²) < 4.78 is 0. The minimum atomic E-state index is -0.345. The summed E-state index contributed by atoms with van der Waals surface area (Å²) >= 11 is 5.15. The van der Waals surface area contributed by atoms with Gasteiger partial charge in [-0.25, -0.2) is 4.99 Å². The molecule has 0 radical (unpaired) electrons. The number of aliphatic imine (C=N–C) groups is 1. The zero-order valence-electron chi connectivity index (χ0n) is 10.5. The van der Waals surface area contributed by atoms with Crippen molar-refractivity contribution in [2.75, 3.05) is 0 Å². The fourth-order valence-corrected chi connectivity index (χ4v) is 2.53. The summed E-state index contributed by atoms with van der Waals surface area (Å²) in [6.07, 6.45) is 0.808. The van der Waals surface area contributed by atoms with Crippen LogP contribution in [-0.2, 0) is 6.42 Å². The van der Waals surface area contributed by atoms with Gasteiger partial charge in [0.05, 0.1) is 6.07 Å². The minimum Gasteiger partial charge on any atom is -0.244 e. The Bertz CT molecular complexity index is 576. The number of benzene rings is 1. The van der Waals surface area contributed by atoms with Crippen LogP contribution >= 0.6 is 12.2 Å². The van der Waals surface area contributed by atoms with Crippen molar-refractivity contribution in [3.8, 4) is 6.07 Å². The molecule has 0 spiro atoms. The first-order valence-electron chi connectivity index (χ1n) is 5.86. The Balaban J connectivity index is 2.37. The number of thiocarbonyl (C=S) groups is 1. The Morgan fingerprint density at radius 2 is 1.94 bits per heavy atom. The molecular formula is C15H14N2S. The van der Waals surface area contributed by atoms with Crippen molar-refractivity contribution in [1.82, 2.24) is 0 Å². The molecule has 0 amide bonds. The topological polar surface area (TPSA) is 36.1 Å². The van der Waals surface area contributed by atoms with Gasteiger partial charge < -0.3 is 0 Å². The van der Waals surface area contributed by atoms with Crippen molar-refractivity contribution in [1.29, 1.82) is 5.26 Å². The van der Waals surface area contributed by atoms with Gasteiger partial charge in [0.25, 0.3) is 0 Å². The molecular weight excluding hydrogens is 240 g/mol. The van der Waals surface area contributed by atoms with Crippen LogP contribution in [-0.4, -0.2) is 10.7 Å². The van der Waals surface area contributed by atoms with Crippen LogP contribution in [0.25, 0.3) is 0 Å². The molecule has 0 N–H and O–H groups in total. The molecule has 0 saturated heterocycles. The van der Waals surface area contributed by atoms with Gasteiger partial charge in [0.1, 0.15) is 10.9 Å². The van der Waals surface area contributed by atoms with Crippen molar-refractivity contribution in [2.24, 2.45) is 10.9 Å². The first-order valence-corrected chi connectivity index (χ1v) is 6.27. The maximum Gasteiger partial charge on any atom is 0.124 e. The molecule has 2 rings (SSSR count). The SMILES string of the molecule is CC1=NC(=S)[C@H](C#N)C(C)=C1Cc1ccccc1. The van der Waals surface area contributed by atoms with Crippen LogP contribution in [0.3, 0.4) is 0 Å². The third kappa shape index (κ3) is 2.39. The number of allylic oxidation sites excluding steroid dienone is 1. The highest BCUT2D eigenvalue weighted by atomic mass is 32.1. The molecule has 1 heterocycles. The Kier molecular flexibility index (Phi) is 3.69.